The molecule has 0 aliphatic heterocycles. The average Bonchev–Trinajstić information content (AvgIpc) is 3.02. The third-order valence-corrected chi connectivity index (χ3v) is 8.05. The van der Waals surface area contributed by atoms with Crippen LogP contribution in [0.5, 0.6) is 0 Å². The standard InChI is InChI=1S/2C10H14O3S.C5H11NO2.C5H12O.HNO2.2Na.2H2O/c2*1-3-8(2)9-4-6-10(7-5-9)14(11,12)13;1-2-3-4-5-8-6-7;1-2-3-4-5-6;2-1-3;;;;/h2*4-8H,3H2,1-2H3,(H,11,12,13);2-5H2,1H3;6H,2-5H2,1H3;(H,2,3);;;2*1H2/q;;;;;2*+1;;/p-2. The molecule has 19 heteroatoms. The Labute approximate surface area is 338 Å². The van der Waals surface area contributed by atoms with Crippen LogP contribution in [0, 0.1) is 15.0 Å². The Balaban J connectivity index is -0.0000000770. The van der Waals surface area contributed by atoms with Gasteiger partial charge in [-0.2, -0.15) is 0 Å². The van der Waals surface area contributed by atoms with Crippen LogP contribution in [0.1, 0.15) is 117 Å². The van der Waals surface area contributed by atoms with Crippen molar-refractivity contribution in [3.8, 4) is 0 Å². The fourth-order valence-corrected chi connectivity index (χ4v) is 4.15. The van der Waals surface area contributed by atoms with Crippen LogP contribution >= 0.6 is 0 Å². The zero-order valence-corrected chi connectivity index (χ0v) is 35.7. The van der Waals surface area contributed by atoms with E-state index < -0.39 is 20.2 Å². The molecule has 2 unspecified atom stereocenters. The summed E-state index contributed by atoms with van der Waals surface area (Å²) in [6.45, 7) is 13.3. The maximum atomic E-state index is 10.6. The van der Waals surface area contributed by atoms with E-state index in [1.807, 2.05) is 0 Å². The summed E-state index contributed by atoms with van der Waals surface area (Å²) in [5.41, 5.74) is 2.11. The van der Waals surface area contributed by atoms with Gasteiger partial charge in [0.1, 0.15) is 26.8 Å². The van der Waals surface area contributed by atoms with E-state index in [1.54, 1.807) is 24.3 Å². The molecule has 0 fully saturated rings. The summed E-state index contributed by atoms with van der Waals surface area (Å²) in [4.78, 5) is 21.2. The molecule has 0 aliphatic rings. The minimum atomic E-state index is -4.30. The molecule has 2 atom stereocenters. The Morgan fingerprint density at radius 3 is 1.20 bits per heavy atom. The van der Waals surface area contributed by atoms with Gasteiger partial charge in [0, 0.05) is 6.61 Å². The van der Waals surface area contributed by atoms with Gasteiger partial charge in [-0.3, -0.25) is 0 Å². The molecule has 2 aromatic rings. The molecule has 0 spiro atoms. The van der Waals surface area contributed by atoms with Crippen molar-refractivity contribution < 1.29 is 107 Å². The average molecular weight is 761 g/mol. The first-order chi connectivity index (χ1) is 21.1. The monoisotopic (exact) mass is 760 g/mol. The van der Waals surface area contributed by atoms with Crippen LogP contribution in [0.3, 0.4) is 0 Å². The zero-order valence-electron chi connectivity index (χ0n) is 31.1. The van der Waals surface area contributed by atoms with Crippen molar-refractivity contribution in [2.75, 3.05) is 13.2 Å². The number of nitrogens with zero attached hydrogens (tertiary/aromatic N) is 2. The molecule has 276 valence electrons. The normalized spacial score (nSPS) is 10.7. The van der Waals surface area contributed by atoms with Crippen LogP contribution in [0.4, 0.5) is 0 Å². The number of aliphatic hydroxyl groups excluding tert-OH is 1. The van der Waals surface area contributed by atoms with Crippen molar-refractivity contribution in [3.05, 3.63) is 74.7 Å². The van der Waals surface area contributed by atoms with Crippen LogP contribution in [0.15, 0.2) is 69.0 Å². The summed E-state index contributed by atoms with van der Waals surface area (Å²) in [7, 11) is -8.60. The van der Waals surface area contributed by atoms with Gasteiger partial charge in [0.2, 0.25) is 0 Å². The van der Waals surface area contributed by atoms with E-state index in [1.165, 1.54) is 30.7 Å². The third-order valence-electron chi connectivity index (χ3n) is 6.35. The fourth-order valence-electron chi connectivity index (χ4n) is 3.21. The minimum absolute atomic E-state index is 0. The summed E-state index contributed by atoms with van der Waals surface area (Å²) < 4.78 is 63.8. The van der Waals surface area contributed by atoms with Crippen LogP contribution in [-0.4, -0.2) is 55.2 Å². The fraction of sp³-hybridized carbons (Fsp3) is 0.600. The summed E-state index contributed by atoms with van der Waals surface area (Å²) in [6.07, 6.45) is 8.49. The molecule has 0 aliphatic carbocycles. The molecule has 2 rings (SSSR count). The zero-order chi connectivity index (χ0) is 35.3. The summed E-state index contributed by atoms with van der Waals surface area (Å²) >= 11 is 0. The van der Waals surface area contributed by atoms with Crippen LogP contribution < -0.4 is 59.1 Å². The van der Waals surface area contributed by atoms with Gasteiger partial charge in [-0.05, 0) is 72.9 Å². The second kappa shape index (κ2) is 39.7. The van der Waals surface area contributed by atoms with E-state index in [9.17, 15) is 30.8 Å². The van der Waals surface area contributed by atoms with Gasteiger partial charge in [0.05, 0.1) is 9.79 Å². The van der Waals surface area contributed by atoms with E-state index in [-0.39, 0.29) is 81.3 Å². The quantitative estimate of drug-likeness (QED) is 0.0877. The van der Waals surface area contributed by atoms with Crippen LogP contribution in [-0.2, 0) is 25.1 Å². The Hall–Kier alpha value is -1.06. The van der Waals surface area contributed by atoms with E-state index in [0.717, 1.165) is 61.4 Å². The van der Waals surface area contributed by atoms with Gasteiger partial charge >= 0.3 is 60.5 Å². The molecule has 0 saturated carbocycles. The van der Waals surface area contributed by atoms with E-state index >= 15 is 0 Å². The predicted molar refractivity (Wildman–Crippen MR) is 182 cm³/mol. The number of rotatable bonds is 14. The Bertz CT molecular complexity index is 1140. The van der Waals surface area contributed by atoms with Crippen molar-refractivity contribution >= 4 is 20.2 Å². The van der Waals surface area contributed by atoms with Gasteiger partial charge in [-0.25, -0.2) is 16.8 Å². The first-order valence-electron chi connectivity index (χ1n) is 14.8. The molecular weight excluding hydrogens is 706 g/mol. The van der Waals surface area contributed by atoms with Crippen LogP contribution in [0.2, 0.25) is 0 Å². The van der Waals surface area contributed by atoms with Gasteiger partial charge in [0.15, 0.2) is 5.34 Å². The van der Waals surface area contributed by atoms with Gasteiger partial charge in [0.25, 0.3) is 0 Å². The van der Waals surface area contributed by atoms with Crippen molar-refractivity contribution in [3.63, 3.8) is 0 Å². The number of aliphatic hydroxyl groups is 1. The molecular formula is C30H54N2Na2O13S2. The molecule has 0 bridgehead atoms. The second-order valence-electron chi connectivity index (χ2n) is 9.79. The summed E-state index contributed by atoms with van der Waals surface area (Å²) in [5.74, 6) is 0.775. The minimum Gasteiger partial charge on any atom is -0.744 e. The van der Waals surface area contributed by atoms with Gasteiger partial charge in [-0.1, -0.05) is 91.5 Å². The number of hydrogen-bond acceptors (Lipinski definition) is 13. The van der Waals surface area contributed by atoms with Gasteiger partial charge < -0.3 is 40.1 Å². The SMILES string of the molecule is CCC(C)c1ccc(S(=O)(=O)[O-])cc1.CCC(C)c1ccc(S(=O)(=O)[O-])cc1.CCCCCO.CCCCCON=O.O.O.O=N[O-].[H+].[Na+].[Na+]. The van der Waals surface area contributed by atoms with Crippen molar-refractivity contribution in [1.29, 1.82) is 0 Å². The summed E-state index contributed by atoms with van der Waals surface area (Å²) in [5, 5.41) is 19.5. The Morgan fingerprint density at radius 2 is 1.00 bits per heavy atom. The molecule has 0 heterocycles. The van der Waals surface area contributed by atoms with Gasteiger partial charge in [-0.15, -0.1) is 10.2 Å². The molecule has 0 amide bonds. The maximum Gasteiger partial charge on any atom is 1.00 e. The van der Waals surface area contributed by atoms with Crippen molar-refractivity contribution in [2.45, 2.75) is 115 Å². The topological polar surface area (TPSA) is 289 Å². The largest absolute Gasteiger partial charge is 1.00 e. The molecule has 0 saturated heterocycles. The number of unbranched alkanes of at least 4 members (excludes halogenated alkanes) is 4. The Kier molecular flexibility index (Phi) is 51.1. The third kappa shape index (κ3) is 36.5. The van der Waals surface area contributed by atoms with Crippen molar-refractivity contribution in [2.24, 2.45) is 10.7 Å². The maximum absolute atomic E-state index is 10.6. The number of hydrogen-bond donors (Lipinski definition) is 1. The first-order valence-corrected chi connectivity index (χ1v) is 17.6. The summed E-state index contributed by atoms with van der Waals surface area (Å²) in [6, 6.07) is 12.2. The van der Waals surface area contributed by atoms with E-state index in [0.29, 0.717) is 25.0 Å². The molecule has 0 aromatic heterocycles. The molecule has 15 nitrogen and oxygen atoms in total. The molecule has 5 N–H and O–H groups in total. The number of benzene rings is 2. The Morgan fingerprint density at radius 1 is 0.694 bits per heavy atom. The van der Waals surface area contributed by atoms with Crippen molar-refractivity contribution in [1.82, 2.24) is 0 Å². The molecule has 49 heavy (non-hydrogen) atoms. The van der Waals surface area contributed by atoms with E-state index in [2.05, 4.69) is 51.7 Å². The first kappa shape index (κ1) is 63.0. The second-order valence-corrected chi connectivity index (χ2v) is 12.5. The van der Waals surface area contributed by atoms with E-state index in [4.69, 9.17) is 15.2 Å². The molecule has 0 radical (unpaired) electrons. The predicted octanol–water partition coefficient (Wildman–Crippen LogP) is -0.0264. The smallest absolute Gasteiger partial charge is 0.744 e. The van der Waals surface area contributed by atoms with Crippen LogP contribution in [0.25, 0.3) is 0 Å². The molecule has 2 aromatic carbocycles.